The van der Waals surface area contributed by atoms with Crippen molar-refractivity contribution in [1.29, 1.82) is 0 Å². The van der Waals surface area contributed by atoms with Crippen molar-refractivity contribution in [2.45, 2.75) is 33.0 Å². The first-order valence-corrected chi connectivity index (χ1v) is 7.59. The molecule has 0 aliphatic heterocycles. The largest absolute Gasteiger partial charge is 0.416 e. The average Bonchev–Trinajstić information content (AvgIpc) is 3.16. The van der Waals surface area contributed by atoms with Crippen molar-refractivity contribution >= 4 is 12.4 Å². The number of alkyl halides is 3. The Morgan fingerprint density at radius 1 is 1.16 bits per heavy atom. The molecule has 0 aliphatic carbocycles. The summed E-state index contributed by atoms with van der Waals surface area (Å²) in [6.07, 6.45) is 3.31. The number of nitrogens with zero attached hydrogens (tertiary/aromatic N) is 4. The van der Waals surface area contributed by atoms with Crippen LogP contribution in [0.15, 0.2) is 43.1 Å². The molecule has 0 aliphatic rings. The normalized spacial score (nSPS) is 11.4. The molecule has 1 aromatic carbocycles. The molecular weight excluding hydrogens is 353 g/mol. The summed E-state index contributed by atoms with van der Waals surface area (Å²) in [5.41, 5.74) is 0.778. The van der Waals surface area contributed by atoms with E-state index in [2.05, 4.69) is 9.97 Å². The van der Waals surface area contributed by atoms with E-state index in [4.69, 9.17) is 0 Å². The molecule has 0 saturated heterocycles. The molecule has 0 radical (unpaired) electrons. The van der Waals surface area contributed by atoms with Crippen molar-refractivity contribution in [3.63, 3.8) is 0 Å². The Hall–Kier alpha value is -2.28. The van der Waals surface area contributed by atoms with Gasteiger partial charge in [-0.2, -0.15) is 13.2 Å². The van der Waals surface area contributed by atoms with Gasteiger partial charge < -0.3 is 9.13 Å². The van der Waals surface area contributed by atoms with Gasteiger partial charge in [0.25, 0.3) is 0 Å². The van der Waals surface area contributed by atoms with Gasteiger partial charge in [0, 0.05) is 30.7 Å². The summed E-state index contributed by atoms with van der Waals surface area (Å²) in [4.78, 5) is 8.54. The van der Waals surface area contributed by atoms with Crippen molar-refractivity contribution in [1.82, 2.24) is 19.1 Å². The summed E-state index contributed by atoms with van der Waals surface area (Å²) in [6.45, 7) is 4.01. The van der Waals surface area contributed by atoms with Crippen molar-refractivity contribution in [2.75, 3.05) is 0 Å². The number of halogens is 4. The molecule has 0 saturated carbocycles. The lowest BCUT2D eigenvalue weighted by molar-refractivity contribution is -0.138. The van der Waals surface area contributed by atoms with Crippen LogP contribution in [0, 0.1) is 6.92 Å². The fourth-order valence-electron chi connectivity index (χ4n) is 2.64. The van der Waals surface area contributed by atoms with Crippen molar-refractivity contribution in [2.24, 2.45) is 0 Å². The minimum Gasteiger partial charge on any atom is -0.329 e. The molecule has 0 fully saturated rings. The topological polar surface area (TPSA) is 35.6 Å². The Morgan fingerprint density at radius 3 is 2.60 bits per heavy atom. The van der Waals surface area contributed by atoms with Gasteiger partial charge in [-0.05, 0) is 24.6 Å². The van der Waals surface area contributed by atoms with Crippen LogP contribution < -0.4 is 0 Å². The first kappa shape index (κ1) is 19.1. The van der Waals surface area contributed by atoms with Crippen LogP contribution in [0.2, 0.25) is 0 Å². The molecule has 2 aromatic heterocycles. The quantitative estimate of drug-likeness (QED) is 0.681. The van der Waals surface area contributed by atoms with Gasteiger partial charge in [-0.15, -0.1) is 12.4 Å². The van der Waals surface area contributed by atoms with E-state index in [0.29, 0.717) is 12.2 Å². The molecule has 0 unspecified atom stereocenters. The van der Waals surface area contributed by atoms with Gasteiger partial charge >= 0.3 is 6.18 Å². The minimum atomic E-state index is -4.36. The van der Waals surface area contributed by atoms with Crippen molar-refractivity contribution in [3.8, 4) is 5.69 Å². The number of aryl methyl sites for hydroxylation is 2. The van der Waals surface area contributed by atoms with Crippen LogP contribution in [-0.4, -0.2) is 19.1 Å². The first-order chi connectivity index (χ1) is 11.4. The highest BCUT2D eigenvalue weighted by atomic mass is 35.5. The van der Waals surface area contributed by atoms with Gasteiger partial charge in [0.1, 0.15) is 5.82 Å². The van der Waals surface area contributed by atoms with Crippen LogP contribution in [0.4, 0.5) is 13.2 Å². The summed E-state index contributed by atoms with van der Waals surface area (Å²) in [5.74, 6) is 0.944. The Morgan fingerprint density at radius 2 is 1.92 bits per heavy atom. The number of hydrogen-bond acceptors (Lipinski definition) is 2. The predicted molar refractivity (Wildman–Crippen MR) is 91.3 cm³/mol. The average molecular weight is 371 g/mol. The van der Waals surface area contributed by atoms with E-state index in [1.807, 2.05) is 17.7 Å². The molecule has 0 amide bonds. The zero-order valence-electron chi connectivity index (χ0n) is 13.8. The highest BCUT2D eigenvalue weighted by Gasteiger charge is 2.32. The Labute approximate surface area is 149 Å². The molecule has 0 bridgehead atoms. The molecule has 4 nitrogen and oxygen atoms in total. The second-order valence-electron chi connectivity index (χ2n) is 5.59. The summed E-state index contributed by atoms with van der Waals surface area (Å²) in [6, 6.07) is 4.28. The maximum absolute atomic E-state index is 13.0. The Kier molecular flexibility index (Phi) is 5.57. The van der Waals surface area contributed by atoms with E-state index in [9.17, 15) is 13.2 Å². The second-order valence-corrected chi connectivity index (χ2v) is 5.59. The maximum Gasteiger partial charge on any atom is 0.416 e. The molecule has 134 valence electrons. The molecule has 3 rings (SSSR count). The lowest BCUT2D eigenvalue weighted by Gasteiger charge is -2.12. The second kappa shape index (κ2) is 7.31. The number of aromatic nitrogens is 4. The lowest BCUT2D eigenvalue weighted by atomic mass is 10.1. The Bertz CT molecular complexity index is 852. The van der Waals surface area contributed by atoms with E-state index in [1.165, 1.54) is 19.3 Å². The van der Waals surface area contributed by atoms with Crippen molar-refractivity contribution < 1.29 is 13.2 Å². The van der Waals surface area contributed by atoms with Gasteiger partial charge in [0.2, 0.25) is 0 Å². The summed E-state index contributed by atoms with van der Waals surface area (Å²) < 4.78 is 42.7. The van der Waals surface area contributed by atoms with Gasteiger partial charge in [-0.1, -0.05) is 13.0 Å². The fraction of sp³-hybridized carbons (Fsp3) is 0.294. The molecule has 25 heavy (non-hydrogen) atoms. The number of imidazole rings is 2. The third-order valence-electron chi connectivity index (χ3n) is 3.91. The van der Waals surface area contributed by atoms with E-state index >= 15 is 0 Å². The van der Waals surface area contributed by atoms with Crippen LogP contribution >= 0.6 is 12.4 Å². The van der Waals surface area contributed by atoms with Crippen LogP contribution in [-0.2, 0) is 19.1 Å². The maximum atomic E-state index is 13.0. The molecular formula is C17H18ClF3N4. The minimum absolute atomic E-state index is 0. The zero-order valence-corrected chi connectivity index (χ0v) is 14.6. The van der Waals surface area contributed by atoms with Gasteiger partial charge in [-0.3, -0.25) is 0 Å². The van der Waals surface area contributed by atoms with Gasteiger partial charge in [0.15, 0.2) is 0 Å². The van der Waals surface area contributed by atoms with E-state index in [0.717, 1.165) is 24.0 Å². The molecule has 8 heteroatoms. The van der Waals surface area contributed by atoms with E-state index < -0.39 is 11.7 Å². The van der Waals surface area contributed by atoms with Gasteiger partial charge in [-0.25, -0.2) is 9.97 Å². The van der Waals surface area contributed by atoms with E-state index in [1.54, 1.807) is 23.0 Å². The Balaban J connectivity index is 0.00000225. The molecule has 0 spiro atoms. The van der Waals surface area contributed by atoms with E-state index in [-0.39, 0.29) is 18.0 Å². The van der Waals surface area contributed by atoms with Crippen molar-refractivity contribution in [3.05, 3.63) is 65.8 Å². The number of rotatable bonds is 4. The third kappa shape index (κ3) is 4.04. The molecule has 2 heterocycles. The standard InChI is InChI=1S/C17H17F3N4.ClH/c1-3-16-21-6-7-23(16)9-13-10-24(11-22-13)14-5-4-12(2)15(8-14)17(18,19)20;/h4-8,10-11H,3,9H2,1-2H3;1H. The van der Waals surface area contributed by atoms with Gasteiger partial charge in [0.05, 0.1) is 24.1 Å². The summed E-state index contributed by atoms with van der Waals surface area (Å²) in [7, 11) is 0. The predicted octanol–water partition coefficient (Wildman–Crippen LogP) is 4.43. The SMILES string of the molecule is CCc1nccn1Cc1cn(-c2ccc(C)c(C(F)(F)F)c2)cn1.Cl. The molecule has 0 atom stereocenters. The number of benzene rings is 1. The smallest absolute Gasteiger partial charge is 0.329 e. The molecule has 0 N–H and O–H groups in total. The van der Waals surface area contributed by atoms with Crippen LogP contribution in [0.25, 0.3) is 5.69 Å². The van der Waals surface area contributed by atoms with Crippen LogP contribution in [0.5, 0.6) is 0 Å². The summed E-state index contributed by atoms with van der Waals surface area (Å²) >= 11 is 0. The van der Waals surface area contributed by atoms with Crippen LogP contribution in [0.3, 0.4) is 0 Å². The highest BCUT2D eigenvalue weighted by Crippen LogP contribution is 2.33. The summed E-state index contributed by atoms with van der Waals surface area (Å²) in [5, 5.41) is 0. The highest BCUT2D eigenvalue weighted by molar-refractivity contribution is 5.85. The number of hydrogen-bond donors (Lipinski definition) is 0. The molecule has 3 aromatic rings. The first-order valence-electron chi connectivity index (χ1n) is 7.59. The third-order valence-corrected chi connectivity index (χ3v) is 3.91. The monoisotopic (exact) mass is 370 g/mol. The zero-order chi connectivity index (χ0) is 17.3. The lowest BCUT2D eigenvalue weighted by Crippen LogP contribution is -2.08. The fourth-order valence-corrected chi connectivity index (χ4v) is 2.64. The van der Waals surface area contributed by atoms with Crippen LogP contribution in [0.1, 0.15) is 29.6 Å².